The molecule has 4 rings (SSSR count). The molecular formula is C18H28N4O. The molecule has 1 amide bonds. The molecule has 0 bridgehead atoms. The van der Waals surface area contributed by atoms with Crippen molar-refractivity contribution < 1.29 is 4.79 Å². The number of hydrogen-bond donors (Lipinski definition) is 0. The standard InChI is InChI=1S/C18H28N4O/c23-17(11-14-5-1-2-6-14)22-10-4-3-7-16(22)18-20-19-13-21(18)12-15-8-9-15/h13-16H,1-12H2/t16-/m1/s1. The molecule has 5 heteroatoms. The first-order valence-corrected chi connectivity index (χ1v) is 9.48. The Balaban J connectivity index is 1.48. The molecule has 23 heavy (non-hydrogen) atoms. The summed E-state index contributed by atoms with van der Waals surface area (Å²) in [4.78, 5) is 15.0. The van der Waals surface area contributed by atoms with Crippen LogP contribution in [0.5, 0.6) is 0 Å². The number of carbonyl (C=O) groups is 1. The summed E-state index contributed by atoms with van der Waals surface area (Å²) in [5.74, 6) is 2.80. The summed E-state index contributed by atoms with van der Waals surface area (Å²) in [6.07, 6.45) is 13.7. The third-order valence-corrected chi connectivity index (χ3v) is 5.86. The molecule has 3 fully saturated rings. The second-order valence-electron chi connectivity index (χ2n) is 7.74. The van der Waals surface area contributed by atoms with Gasteiger partial charge in [-0.1, -0.05) is 12.8 Å². The monoisotopic (exact) mass is 316 g/mol. The predicted octanol–water partition coefficient (Wildman–Crippen LogP) is 3.32. The van der Waals surface area contributed by atoms with Crippen molar-refractivity contribution in [2.45, 2.75) is 76.8 Å². The highest BCUT2D eigenvalue weighted by molar-refractivity contribution is 5.77. The summed E-state index contributed by atoms with van der Waals surface area (Å²) in [6, 6.07) is 0.152. The van der Waals surface area contributed by atoms with Crippen molar-refractivity contribution in [3.8, 4) is 0 Å². The number of nitrogens with zero attached hydrogens (tertiary/aromatic N) is 4. The van der Waals surface area contributed by atoms with E-state index in [1.165, 1.54) is 44.9 Å². The zero-order valence-corrected chi connectivity index (χ0v) is 14.0. The molecule has 0 radical (unpaired) electrons. The fourth-order valence-corrected chi connectivity index (χ4v) is 4.32. The Hall–Kier alpha value is -1.39. The predicted molar refractivity (Wildman–Crippen MR) is 87.6 cm³/mol. The van der Waals surface area contributed by atoms with Crippen molar-refractivity contribution in [2.75, 3.05) is 6.54 Å². The minimum atomic E-state index is 0.152. The second kappa shape index (κ2) is 6.62. The van der Waals surface area contributed by atoms with Gasteiger partial charge in [-0.25, -0.2) is 0 Å². The first-order chi connectivity index (χ1) is 11.3. The maximum atomic E-state index is 12.9. The van der Waals surface area contributed by atoms with Crippen LogP contribution in [0.25, 0.3) is 0 Å². The van der Waals surface area contributed by atoms with E-state index in [1.807, 2.05) is 6.33 Å². The van der Waals surface area contributed by atoms with E-state index in [0.717, 1.165) is 44.1 Å². The van der Waals surface area contributed by atoms with Gasteiger partial charge in [-0.3, -0.25) is 4.79 Å². The molecule has 1 aromatic rings. The quantitative estimate of drug-likeness (QED) is 0.837. The number of aromatic nitrogens is 3. The van der Waals surface area contributed by atoms with Crippen molar-refractivity contribution in [2.24, 2.45) is 11.8 Å². The summed E-state index contributed by atoms with van der Waals surface area (Å²) >= 11 is 0. The first kappa shape index (κ1) is 15.2. The summed E-state index contributed by atoms with van der Waals surface area (Å²) in [6.45, 7) is 1.93. The van der Waals surface area contributed by atoms with Crippen molar-refractivity contribution in [3.63, 3.8) is 0 Å². The highest BCUT2D eigenvalue weighted by Gasteiger charge is 2.33. The Morgan fingerprint density at radius 3 is 2.61 bits per heavy atom. The van der Waals surface area contributed by atoms with E-state index in [2.05, 4.69) is 19.7 Å². The second-order valence-corrected chi connectivity index (χ2v) is 7.74. The summed E-state index contributed by atoms with van der Waals surface area (Å²) in [5, 5.41) is 8.55. The van der Waals surface area contributed by atoms with Gasteiger partial charge in [0.2, 0.25) is 5.91 Å². The Kier molecular flexibility index (Phi) is 4.36. The van der Waals surface area contributed by atoms with Crippen LogP contribution in [0.2, 0.25) is 0 Å². The largest absolute Gasteiger partial charge is 0.332 e. The fraction of sp³-hybridized carbons (Fsp3) is 0.833. The molecular weight excluding hydrogens is 288 g/mol. The molecule has 1 atom stereocenters. The molecule has 1 aromatic heterocycles. The number of hydrogen-bond acceptors (Lipinski definition) is 3. The average molecular weight is 316 g/mol. The Labute approximate surface area is 138 Å². The number of likely N-dealkylation sites (tertiary alicyclic amines) is 1. The van der Waals surface area contributed by atoms with Crippen LogP contribution in [0.1, 0.15) is 76.1 Å². The van der Waals surface area contributed by atoms with Gasteiger partial charge in [-0.2, -0.15) is 0 Å². The topological polar surface area (TPSA) is 51.0 Å². The maximum Gasteiger partial charge on any atom is 0.223 e. The van der Waals surface area contributed by atoms with Crippen molar-refractivity contribution >= 4 is 5.91 Å². The molecule has 0 spiro atoms. The zero-order valence-electron chi connectivity index (χ0n) is 14.0. The molecule has 0 N–H and O–H groups in total. The lowest BCUT2D eigenvalue weighted by atomic mass is 9.98. The van der Waals surface area contributed by atoms with E-state index in [0.29, 0.717) is 11.8 Å². The van der Waals surface area contributed by atoms with E-state index in [-0.39, 0.29) is 6.04 Å². The average Bonchev–Trinajstić information content (AvgIpc) is 3.04. The van der Waals surface area contributed by atoms with Crippen LogP contribution in [-0.2, 0) is 11.3 Å². The summed E-state index contributed by atoms with van der Waals surface area (Å²) in [5.41, 5.74) is 0. The SMILES string of the molecule is O=C(CC1CCCC1)N1CCCC[C@@H]1c1nncn1CC1CC1. The van der Waals surface area contributed by atoms with Gasteiger partial charge in [0, 0.05) is 19.5 Å². The van der Waals surface area contributed by atoms with Gasteiger partial charge >= 0.3 is 0 Å². The molecule has 5 nitrogen and oxygen atoms in total. The third kappa shape index (κ3) is 3.43. The normalized spacial score (nSPS) is 25.9. The minimum Gasteiger partial charge on any atom is -0.332 e. The number of amides is 1. The molecule has 126 valence electrons. The van der Waals surface area contributed by atoms with Crippen LogP contribution in [-0.4, -0.2) is 32.1 Å². The third-order valence-electron chi connectivity index (χ3n) is 5.86. The van der Waals surface area contributed by atoms with E-state index in [1.54, 1.807) is 0 Å². The van der Waals surface area contributed by atoms with Crippen molar-refractivity contribution in [1.29, 1.82) is 0 Å². The van der Waals surface area contributed by atoms with Crippen molar-refractivity contribution in [3.05, 3.63) is 12.2 Å². The molecule has 2 aliphatic carbocycles. The van der Waals surface area contributed by atoms with Crippen LogP contribution >= 0.6 is 0 Å². The van der Waals surface area contributed by atoms with E-state index in [9.17, 15) is 4.79 Å². The lowest BCUT2D eigenvalue weighted by Gasteiger charge is -2.36. The van der Waals surface area contributed by atoms with Gasteiger partial charge in [0.05, 0.1) is 6.04 Å². The number of carbonyl (C=O) groups excluding carboxylic acids is 1. The highest BCUT2D eigenvalue weighted by atomic mass is 16.2. The minimum absolute atomic E-state index is 0.152. The Morgan fingerprint density at radius 2 is 1.83 bits per heavy atom. The van der Waals surface area contributed by atoms with E-state index < -0.39 is 0 Å². The van der Waals surface area contributed by atoms with Gasteiger partial charge in [-0.15, -0.1) is 10.2 Å². The molecule has 2 heterocycles. The first-order valence-electron chi connectivity index (χ1n) is 9.48. The fourth-order valence-electron chi connectivity index (χ4n) is 4.32. The van der Waals surface area contributed by atoms with Crippen LogP contribution in [0.3, 0.4) is 0 Å². The molecule has 1 aliphatic heterocycles. The van der Waals surface area contributed by atoms with Crippen molar-refractivity contribution in [1.82, 2.24) is 19.7 Å². The smallest absolute Gasteiger partial charge is 0.223 e. The molecule has 0 unspecified atom stereocenters. The van der Waals surface area contributed by atoms with Gasteiger partial charge in [0.15, 0.2) is 5.82 Å². The van der Waals surface area contributed by atoms with Crippen LogP contribution < -0.4 is 0 Å². The lowest BCUT2D eigenvalue weighted by molar-refractivity contribution is -0.136. The molecule has 0 aromatic carbocycles. The lowest BCUT2D eigenvalue weighted by Crippen LogP contribution is -2.40. The van der Waals surface area contributed by atoms with Gasteiger partial charge in [0.1, 0.15) is 6.33 Å². The van der Waals surface area contributed by atoms with E-state index >= 15 is 0 Å². The van der Waals surface area contributed by atoms with Crippen LogP contribution in [0, 0.1) is 11.8 Å². The summed E-state index contributed by atoms with van der Waals surface area (Å²) < 4.78 is 2.21. The highest BCUT2D eigenvalue weighted by Crippen LogP contribution is 2.35. The van der Waals surface area contributed by atoms with Crippen LogP contribution in [0.15, 0.2) is 6.33 Å². The van der Waals surface area contributed by atoms with Crippen LogP contribution in [0.4, 0.5) is 0 Å². The Morgan fingerprint density at radius 1 is 1.04 bits per heavy atom. The van der Waals surface area contributed by atoms with Gasteiger partial charge in [0.25, 0.3) is 0 Å². The molecule has 1 saturated heterocycles. The molecule has 2 saturated carbocycles. The van der Waals surface area contributed by atoms with E-state index in [4.69, 9.17) is 0 Å². The van der Waals surface area contributed by atoms with Gasteiger partial charge in [-0.05, 0) is 56.8 Å². The zero-order chi connectivity index (χ0) is 15.6. The summed E-state index contributed by atoms with van der Waals surface area (Å²) in [7, 11) is 0. The maximum absolute atomic E-state index is 12.9. The molecule has 3 aliphatic rings. The number of piperidine rings is 1. The Bertz CT molecular complexity index is 545. The van der Waals surface area contributed by atoms with Gasteiger partial charge < -0.3 is 9.47 Å². The number of rotatable bonds is 5.